The van der Waals surface area contributed by atoms with Gasteiger partial charge in [0.1, 0.15) is 12.1 Å². The molecule has 3 atom stereocenters. The number of likely N-dealkylation sites (tertiary alicyclic amines) is 1. The zero-order chi connectivity index (χ0) is 28.0. The molecule has 12 heteroatoms. The molecule has 0 saturated carbocycles. The molecule has 3 fully saturated rings. The average Bonchev–Trinajstić information content (AvgIpc) is 3.47. The van der Waals surface area contributed by atoms with E-state index in [1.165, 1.54) is 16.9 Å². The predicted molar refractivity (Wildman–Crippen MR) is 150 cm³/mol. The topological polar surface area (TPSA) is 136 Å². The maximum atomic E-state index is 13.7. The van der Waals surface area contributed by atoms with Crippen LogP contribution in [-0.2, 0) is 25.1 Å². The first-order valence-corrected chi connectivity index (χ1v) is 16.5. The largest absolute Gasteiger partial charge is 0.377 e. The number of carbonyl (C=O) groups excluding carboxylic acids is 3. The number of nitrogens with one attached hydrogen (secondary N) is 1. The Bertz CT molecular complexity index is 1410. The number of amides is 3. The van der Waals surface area contributed by atoms with Gasteiger partial charge in [0.2, 0.25) is 11.8 Å². The highest BCUT2D eigenvalue weighted by Gasteiger charge is 2.47. The lowest BCUT2D eigenvalue weighted by molar-refractivity contribution is -0.149. The van der Waals surface area contributed by atoms with Crippen LogP contribution in [0.25, 0.3) is 10.1 Å². The summed E-state index contributed by atoms with van der Waals surface area (Å²) in [6.45, 7) is 2.75. The lowest BCUT2D eigenvalue weighted by Crippen LogP contribution is -2.59. The summed E-state index contributed by atoms with van der Waals surface area (Å²) < 4.78 is 17.6. The molecule has 3 amide bonds. The number of fused-ring (bicyclic) bond motifs is 2. The van der Waals surface area contributed by atoms with Gasteiger partial charge in [-0.3, -0.25) is 18.9 Å². The van der Waals surface area contributed by atoms with E-state index >= 15 is 0 Å². The van der Waals surface area contributed by atoms with Crippen molar-refractivity contribution >= 4 is 46.7 Å². The maximum absolute atomic E-state index is 13.7. The SMILES string of the molecule is O=C(N[C@H]1CCC[C@H]2CC[C@@H](C(=O)N3CC(C4=CCOCC4)C3)N2C1=O)c1cc2cc(CP(=O)(O)O)ccc2s1. The summed E-state index contributed by atoms with van der Waals surface area (Å²) >= 11 is 1.27. The van der Waals surface area contributed by atoms with Crippen LogP contribution in [0.4, 0.5) is 0 Å². The predicted octanol–water partition coefficient (Wildman–Crippen LogP) is 3.03. The minimum Gasteiger partial charge on any atom is -0.377 e. The third-order valence-electron chi connectivity index (χ3n) is 8.58. The van der Waals surface area contributed by atoms with E-state index < -0.39 is 19.7 Å². The molecule has 1 aromatic heterocycles. The van der Waals surface area contributed by atoms with Gasteiger partial charge in [0.15, 0.2) is 0 Å². The lowest BCUT2D eigenvalue weighted by atomic mass is 9.87. The Morgan fingerprint density at radius 2 is 1.95 bits per heavy atom. The molecule has 1 aromatic carbocycles. The molecule has 6 rings (SSSR count). The van der Waals surface area contributed by atoms with Crippen molar-refractivity contribution in [1.82, 2.24) is 15.1 Å². The van der Waals surface area contributed by atoms with Crippen molar-refractivity contribution in [3.63, 3.8) is 0 Å². The Hall–Kier alpha value is -2.56. The standard InChI is InChI=1S/C28H34N3O7PS/c32-26(25-13-19-12-17(16-39(35,36)37)4-7-24(19)40-25)29-22-3-1-2-21-5-6-23(31(21)27(22)33)28(34)30-14-20(15-30)18-8-10-38-11-9-18/h4,7-8,12-13,20-23H,1-3,5-6,9-11,14-16H2,(H,29,32)(H2,35,36,37)/t21-,22-,23-/m0/s1. The maximum Gasteiger partial charge on any atom is 0.329 e. The summed E-state index contributed by atoms with van der Waals surface area (Å²) in [5, 5.41) is 3.65. The summed E-state index contributed by atoms with van der Waals surface area (Å²) in [4.78, 5) is 63.1. The first-order valence-electron chi connectivity index (χ1n) is 13.9. The Balaban J connectivity index is 1.12. The van der Waals surface area contributed by atoms with E-state index in [0.717, 1.165) is 42.4 Å². The van der Waals surface area contributed by atoms with Crippen LogP contribution in [0, 0.1) is 5.92 Å². The molecule has 0 bridgehead atoms. The molecule has 5 heterocycles. The van der Waals surface area contributed by atoms with Crippen LogP contribution in [0.5, 0.6) is 0 Å². The van der Waals surface area contributed by atoms with Gasteiger partial charge >= 0.3 is 7.60 Å². The van der Waals surface area contributed by atoms with Gasteiger partial charge in [0.05, 0.1) is 24.3 Å². The fourth-order valence-electron chi connectivity index (χ4n) is 6.52. The highest BCUT2D eigenvalue weighted by molar-refractivity contribution is 7.50. The van der Waals surface area contributed by atoms with Crippen molar-refractivity contribution in [1.29, 1.82) is 0 Å². The van der Waals surface area contributed by atoms with Crippen molar-refractivity contribution in [2.24, 2.45) is 5.92 Å². The fraction of sp³-hybridized carbons (Fsp3) is 0.536. The van der Waals surface area contributed by atoms with Gasteiger partial charge in [0, 0.05) is 29.7 Å². The van der Waals surface area contributed by atoms with Crippen LogP contribution in [0.2, 0.25) is 0 Å². The molecule has 0 radical (unpaired) electrons. The van der Waals surface area contributed by atoms with E-state index in [-0.39, 0.29) is 29.9 Å². The molecule has 4 aliphatic rings. The van der Waals surface area contributed by atoms with E-state index in [9.17, 15) is 28.7 Å². The van der Waals surface area contributed by atoms with Crippen LogP contribution < -0.4 is 5.32 Å². The van der Waals surface area contributed by atoms with Crippen LogP contribution >= 0.6 is 18.9 Å². The van der Waals surface area contributed by atoms with Gasteiger partial charge in [-0.1, -0.05) is 17.7 Å². The van der Waals surface area contributed by atoms with E-state index in [1.54, 1.807) is 29.2 Å². The molecule has 0 spiro atoms. The summed E-state index contributed by atoms with van der Waals surface area (Å²) in [5.41, 5.74) is 1.87. The fourth-order valence-corrected chi connectivity index (χ4v) is 8.14. The van der Waals surface area contributed by atoms with Crippen molar-refractivity contribution in [3.05, 3.63) is 46.4 Å². The second-order valence-electron chi connectivity index (χ2n) is 11.3. The molecule has 0 aliphatic carbocycles. The minimum absolute atomic E-state index is 0.0161. The lowest BCUT2D eigenvalue weighted by Gasteiger charge is -2.44. The number of rotatable bonds is 6. The smallest absolute Gasteiger partial charge is 0.329 e. The number of ether oxygens (including phenoxy) is 1. The van der Waals surface area contributed by atoms with Gasteiger partial charge in [-0.15, -0.1) is 11.3 Å². The molecule has 3 N–H and O–H groups in total. The van der Waals surface area contributed by atoms with Crippen molar-refractivity contribution < 1.29 is 33.5 Å². The third-order valence-corrected chi connectivity index (χ3v) is 10.5. The number of hydrogen-bond acceptors (Lipinski definition) is 6. The van der Waals surface area contributed by atoms with E-state index in [2.05, 4.69) is 11.4 Å². The van der Waals surface area contributed by atoms with Crippen molar-refractivity contribution in [3.8, 4) is 0 Å². The van der Waals surface area contributed by atoms with Crippen LogP contribution in [-0.4, -0.2) is 81.7 Å². The average molecular weight is 588 g/mol. The number of thiophene rings is 1. The Labute approximate surface area is 236 Å². The summed E-state index contributed by atoms with van der Waals surface area (Å²) in [5.74, 6) is -0.138. The zero-order valence-corrected chi connectivity index (χ0v) is 23.9. The second-order valence-corrected chi connectivity index (χ2v) is 14.0. The van der Waals surface area contributed by atoms with Crippen LogP contribution in [0.1, 0.15) is 53.8 Å². The highest BCUT2D eigenvalue weighted by atomic mass is 32.1. The number of hydrogen-bond donors (Lipinski definition) is 3. The molecular formula is C28H34N3O7PS. The van der Waals surface area contributed by atoms with Crippen molar-refractivity contribution in [2.75, 3.05) is 26.3 Å². The molecule has 4 aliphatic heterocycles. The minimum atomic E-state index is -4.20. The number of benzene rings is 1. The summed E-state index contributed by atoms with van der Waals surface area (Å²) in [6.07, 6.45) is 6.28. The van der Waals surface area contributed by atoms with E-state index in [0.29, 0.717) is 48.9 Å². The Morgan fingerprint density at radius 1 is 1.12 bits per heavy atom. The summed E-state index contributed by atoms with van der Waals surface area (Å²) in [7, 11) is -4.20. The van der Waals surface area contributed by atoms with Crippen LogP contribution in [0.15, 0.2) is 35.9 Å². The number of carbonyl (C=O) groups is 3. The molecule has 40 heavy (non-hydrogen) atoms. The quantitative estimate of drug-likeness (QED) is 0.349. The van der Waals surface area contributed by atoms with Gasteiger partial charge in [0.25, 0.3) is 5.91 Å². The highest BCUT2D eigenvalue weighted by Crippen LogP contribution is 2.40. The second kappa shape index (κ2) is 11.0. The van der Waals surface area contributed by atoms with Gasteiger partial charge in [-0.25, -0.2) is 0 Å². The monoisotopic (exact) mass is 587 g/mol. The third kappa shape index (κ3) is 5.63. The number of nitrogens with zero attached hydrogens (tertiary/aromatic N) is 2. The van der Waals surface area contributed by atoms with Crippen LogP contribution in [0.3, 0.4) is 0 Å². The van der Waals surface area contributed by atoms with E-state index in [1.807, 2.05) is 4.90 Å². The van der Waals surface area contributed by atoms with E-state index in [4.69, 9.17) is 4.74 Å². The Kier molecular flexibility index (Phi) is 7.61. The molecule has 2 aromatic rings. The normalized spacial score (nSPS) is 25.8. The molecule has 214 valence electrons. The molecule has 0 unspecified atom stereocenters. The zero-order valence-electron chi connectivity index (χ0n) is 22.2. The molecule has 3 saturated heterocycles. The van der Waals surface area contributed by atoms with Gasteiger partial charge in [-0.05, 0) is 67.7 Å². The molecule has 10 nitrogen and oxygen atoms in total. The van der Waals surface area contributed by atoms with Gasteiger partial charge in [-0.2, -0.15) is 0 Å². The first kappa shape index (κ1) is 27.6. The Morgan fingerprint density at radius 3 is 2.70 bits per heavy atom. The first-order chi connectivity index (χ1) is 19.2. The molecular weight excluding hydrogens is 553 g/mol. The summed E-state index contributed by atoms with van der Waals surface area (Å²) in [6, 6.07) is 5.63. The van der Waals surface area contributed by atoms with Gasteiger partial charge < -0.3 is 29.6 Å². The van der Waals surface area contributed by atoms with Crippen molar-refractivity contribution in [2.45, 2.75) is 62.8 Å².